The van der Waals surface area contributed by atoms with Crippen molar-refractivity contribution in [3.8, 4) is 0 Å². The van der Waals surface area contributed by atoms with Crippen molar-refractivity contribution < 1.29 is 29.6 Å². The number of hydrogen-bond donors (Lipinski definition) is 1. The van der Waals surface area contributed by atoms with Crippen LogP contribution in [0.1, 0.15) is 12.5 Å². The molecular formula is C12H14N8O12. The largest absolute Gasteiger partial charge is 0.478 e. The quantitative estimate of drug-likeness (QED) is 0.256. The minimum Gasteiger partial charge on any atom is -0.372 e. The highest BCUT2D eigenvalue weighted by atomic mass is 16.7. The van der Waals surface area contributed by atoms with Crippen molar-refractivity contribution >= 4 is 22.7 Å². The lowest BCUT2D eigenvalue weighted by Gasteiger charge is -2.18. The summed E-state index contributed by atoms with van der Waals surface area (Å²) in [6.45, 7) is -1.29. The lowest BCUT2D eigenvalue weighted by atomic mass is 10.1. The highest BCUT2D eigenvalue weighted by Crippen LogP contribution is 2.42. The van der Waals surface area contributed by atoms with Gasteiger partial charge in [0.25, 0.3) is 5.69 Å². The van der Waals surface area contributed by atoms with E-state index in [0.717, 1.165) is 6.92 Å². The van der Waals surface area contributed by atoms with Crippen molar-refractivity contribution in [2.45, 2.75) is 19.5 Å². The highest BCUT2D eigenvalue weighted by molar-refractivity contribution is 5.80. The van der Waals surface area contributed by atoms with Crippen LogP contribution in [0.3, 0.4) is 0 Å². The molecule has 0 spiro atoms. The first-order valence-electron chi connectivity index (χ1n) is 8.18. The molecule has 0 radical (unpaired) electrons. The summed E-state index contributed by atoms with van der Waals surface area (Å²) in [6.07, 6.45) is 0. The summed E-state index contributed by atoms with van der Waals surface area (Å²) >= 11 is 0. The van der Waals surface area contributed by atoms with Crippen LogP contribution in [0.5, 0.6) is 0 Å². The molecule has 0 atom stereocenters. The molecule has 1 N–H and O–H groups in total. The van der Waals surface area contributed by atoms with Crippen molar-refractivity contribution in [3.05, 3.63) is 72.3 Å². The normalized spacial score (nSPS) is 10.8. The number of benzene rings is 1. The summed E-state index contributed by atoms with van der Waals surface area (Å²) in [5, 5.41) is 67.9. The molecule has 0 saturated heterocycles. The van der Waals surface area contributed by atoms with Gasteiger partial charge in [-0.05, 0) is 6.92 Å². The molecular weight excluding hydrogens is 448 g/mol. The second-order valence-corrected chi connectivity index (χ2v) is 6.32. The number of nitrogens with one attached hydrogen (secondary N) is 1. The van der Waals surface area contributed by atoms with Crippen molar-refractivity contribution in [1.29, 1.82) is 0 Å². The molecule has 0 aliphatic carbocycles. The Balaban J connectivity index is 3.31. The van der Waals surface area contributed by atoms with E-state index in [0.29, 0.717) is 13.0 Å². The molecule has 0 heterocycles. The SMILES string of the molecule is Cc1c([N+](=O)[O-])cc([N+](=O)[O-])c(NCCN(CC(C)([N+](=O)[O-])[N+](=O)[O-])[N+](=O)[O-])c1[N+](=O)[O-]. The fourth-order valence-corrected chi connectivity index (χ4v) is 2.53. The van der Waals surface area contributed by atoms with Gasteiger partial charge in [0.15, 0.2) is 10.7 Å². The van der Waals surface area contributed by atoms with Crippen LogP contribution in [0.15, 0.2) is 6.07 Å². The summed E-state index contributed by atoms with van der Waals surface area (Å²) < 4.78 is 0. The summed E-state index contributed by atoms with van der Waals surface area (Å²) in [7, 11) is 0. The predicted molar refractivity (Wildman–Crippen MR) is 101 cm³/mol. The van der Waals surface area contributed by atoms with Crippen LogP contribution < -0.4 is 5.32 Å². The Bertz CT molecular complexity index is 996. The van der Waals surface area contributed by atoms with Gasteiger partial charge in [0.1, 0.15) is 15.4 Å². The number of hydrazine groups is 1. The maximum Gasteiger partial charge on any atom is 0.478 e. The van der Waals surface area contributed by atoms with E-state index < -0.39 is 83.3 Å². The maximum absolute atomic E-state index is 11.4. The Hall–Kier alpha value is -4.78. The van der Waals surface area contributed by atoms with E-state index in [4.69, 9.17) is 0 Å². The van der Waals surface area contributed by atoms with E-state index in [1.165, 1.54) is 0 Å². The standard InChI is InChI=1S/C12H14N8O12/c1-7-8(15(21)22)5-9(16(23)24)10(11(7)17(25)26)13-3-4-14(20(31)32)6-12(2,18(27)28)19(29)30/h5,13H,3-4,6H2,1-2H3. The number of anilines is 1. The van der Waals surface area contributed by atoms with Gasteiger partial charge >= 0.3 is 17.0 Å². The lowest BCUT2D eigenvalue weighted by Crippen LogP contribution is -2.54. The molecule has 32 heavy (non-hydrogen) atoms. The van der Waals surface area contributed by atoms with Gasteiger partial charge in [-0.1, -0.05) is 0 Å². The molecule has 0 aromatic heterocycles. The van der Waals surface area contributed by atoms with Crippen LogP contribution in [-0.2, 0) is 0 Å². The second-order valence-electron chi connectivity index (χ2n) is 6.32. The number of nitro benzene ring substituents is 3. The fourth-order valence-electron chi connectivity index (χ4n) is 2.53. The highest BCUT2D eigenvalue weighted by Gasteiger charge is 2.54. The third-order valence-corrected chi connectivity index (χ3v) is 4.25. The summed E-state index contributed by atoms with van der Waals surface area (Å²) in [6, 6.07) is 0.465. The topological polar surface area (TPSA) is 274 Å². The van der Waals surface area contributed by atoms with Gasteiger partial charge in [-0.2, -0.15) is 0 Å². The second kappa shape index (κ2) is 9.36. The van der Waals surface area contributed by atoms with Crippen molar-refractivity contribution in [2.24, 2.45) is 0 Å². The van der Waals surface area contributed by atoms with Crippen LogP contribution in [0, 0.1) is 67.6 Å². The monoisotopic (exact) mass is 462 g/mol. The van der Waals surface area contributed by atoms with Crippen LogP contribution >= 0.6 is 0 Å². The molecule has 20 heteroatoms. The van der Waals surface area contributed by atoms with Crippen molar-refractivity contribution in [1.82, 2.24) is 5.01 Å². The van der Waals surface area contributed by atoms with Gasteiger partial charge in [-0.25, -0.2) is 10.1 Å². The van der Waals surface area contributed by atoms with Gasteiger partial charge in [0.05, 0.1) is 34.3 Å². The maximum atomic E-state index is 11.4. The zero-order valence-corrected chi connectivity index (χ0v) is 16.2. The first-order valence-corrected chi connectivity index (χ1v) is 8.18. The molecule has 1 aromatic rings. The van der Waals surface area contributed by atoms with Crippen LogP contribution in [0.4, 0.5) is 22.7 Å². The minimum atomic E-state index is -2.96. The average Bonchev–Trinajstić information content (AvgIpc) is 2.65. The van der Waals surface area contributed by atoms with Crippen molar-refractivity contribution in [2.75, 3.05) is 25.0 Å². The first-order chi connectivity index (χ1) is 14.6. The summed E-state index contributed by atoms with van der Waals surface area (Å²) in [5.74, 6) is 0. The molecule has 0 fully saturated rings. The smallest absolute Gasteiger partial charge is 0.372 e. The van der Waals surface area contributed by atoms with E-state index in [1.54, 1.807) is 0 Å². The molecule has 0 unspecified atom stereocenters. The number of nitro groups is 6. The fraction of sp³-hybridized carbons (Fsp3) is 0.500. The summed E-state index contributed by atoms with van der Waals surface area (Å²) in [4.78, 5) is 60.8. The van der Waals surface area contributed by atoms with E-state index in [9.17, 15) is 60.7 Å². The average molecular weight is 462 g/mol. The molecule has 0 amide bonds. The van der Waals surface area contributed by atoms with Crippen molar-refractivity contribution in [3.63, 3.8) is 0 Å². The first kappa shape index (κ1) is 25.3. The Morgan fingerprint density at radius 1 is 0.875 bits per heavy atom. The summed E-state index contributed by atoms with van der Waals surface area (Å²) in [5.41, 5.74) is -7.30. The predicted octanol–water partition coefficient (Wildman–Crippen LogP) is 0.895. The van der Waals surface area contributed by atoms with Crippen LogP contribution in [0.25, 0.3) is 0 Å². The van der Waals surface area contributed by atoms with Crippen LogP contribution in [-0.4, -0.2) is 60.0 Å². The minimum absolute atomic E-state index is 0.0779. The molecule has 0 bridgehead atoms. The van der Waals surface area contributed by atoms with Gasteiger partial charge in [-0.3, -0.25) is 50.6 Å². The van der Waals surface area contributed by atoms with Gasteiger partial charge in [0.2, 0.25) is 6.54 Å². The Kier molecular flexibility index (Phi) is 7.38. The van der Waals surface area contributed by atoms with Gasteiger partial charge in [-0.15, -0.1) is 5.01 Å². The number of rotatable bonds is 12. The Morgan fingerprint density at radius 3 is 1.75 bits per heavy atom. The molecule has 0 aliphatic heterocycles. The Labute approximate surface area is 175 Å². The molecule has 1 rings (SSSR count). The molecule has 0 aliphatic rings. The molecule has 174 valence electrons. The third-order valence-electron chi connectivity index (χ3n) is 4.25. The van der Waals surface area contributed by atoms with Gasteiger partial charge in [0, 0.05) is 6.54 Å². The molecule has 1 aromatic carbocycles. The van der Waals surface area contributed by atoms with E-state index in [1.807, 2.05) is 0 Å². The molecule has 20 nitrogen and oxygen atoms in total. The number of hydrogen-bond acceptors (Lipinski definition) is 13. The zero-order valence-electron chi connectivity index (χ0n) is 16.2. The van der Waals surface area contributed by atoms with E-state index in [2.05, 4.69) is 5.32 Å². The van der Waals surface area contributed by atoms with Crippen LogP contribution in [0.2, 0.25) is 0 Å². The third kappa shape index (κ3) is 5.03. The number of nitrogens with zero attached hydrogens (tertiary/aromatic N) is 7. The van der Waals surface area contributed by atoms with E-state index >= 15 is 0 Å². The lowest BCUT2D eigenvalue weighted by molar-refractivity contribution is -0.805. The molecule has 0 saturated carbocycles. The van der Waals surface area contributed by atoms with E-state index in [-0.39, 0.29) is 5.01 Å². The zero-order chi connectivity index (χ0) is 25.0. The Morgan fingerprint density at radius 2 is 1.38 bits per heavy atom. The van der Waals surface area contributed by atoms with Gasteiger partial charge < -0.3 is 5.32 Å².